The van der Waals surface area contributed by atoms with E-state index in [1.165, 1.54) is 25.3 Å². The first-order valence-corrected chi connectivity index (χ1v) is 6.71. The van der Waals surface area contributed by atoms with Gasteiger partial charge in [-0.3, -0.25) is 14.9 Å². The Morgan fingerprint density at radius 3 is 2.86 bits per heavy atom. The Labute approximate surface area is 126 Å². The number of non-ortho nitro benzene ring substituents is 1. The summed E-state index contributed by atoms with van der Waals surface area (Å²) in [6.07, 6.45) is 1.06. The number of nitrogens with two attached hydrogens (primary N) is 1. The van der Waals surface area contributed by atoms with Gasteiger partial charge in [0.25, 0.3) is 5.69 Å². The zero-order valence-electron chi connectivity index (χ0n) is 11.4. The molecule has 1 fully saturated rings. The third-order valence-electron chi connectivity index (χ3n) is 3.52. The minimum absolute atomic E-state index is 0.110. The summed E-state index contributed by atoms with van der Waals surface area (Å²) in [7, 11) is 1.29. The van der Waals surface area contributed by atoms with Crippen molar-refractivity contribution in [3.8, 4) is 5.75 Å². The summed E-state index contributed by atoms with van der Waals surface area (Å²) >= 11 is 5.96. The third-order valence-corrected chi connectivity index (χ3v) is 3.81. The first-order chi connectivity index (χ1) is 9.85. The van der Waals surface area contributed by atoms with E-state index < -0.39 is 16.4 Å². The Morgan fingerprint density at radius 1 is 1.57 bits per heavy atom. The molecule has 1 saturated carbocycles. The molecule has 7 nitrogen and oxygen atoms in total. The third kappa shape index (κ3) is 3.25. The van der Waals surface area contributed by atoms with E-state index >= 15 is 0 Å². The maximum absolute atomic E-state index is 11.6. The van der Waals surface area contributed by atoms with Crippen LogP contribution in [-0.4, -0.2) is 29.6 Å². The summed E-state index contributed by atoms with van der Waals surface area (Å²) in [6.45, 7) is 0. The molecule has 1 aromatic carbocycles. The van der Waals surface area contributed by atoms with Gasteiger partial charge in [-0.1, -0.05) is 11.6 Å². The lowest BCUT2D eigenvalue weighted by Gasteiger charge is -2.21. The molecule has 0 heterocycles. The van der Waals surface area contributed by atoms with Gasteiger partial charge in [-0.05, 0) is 18.9 Å². The van der Waals surface area contributed by atoms with E-state index in [9.17, 15) is 14.9 Å². The van der Waals surface area contributed by atoms with Crippen LogP contribution in [0.3, 0.4) is 0 Å². The van der Waals surface area contributed by atoms with Crippen LogP contribution in [-0.2, 0) is 9.53 Å². The average molecular weight is 315 g/mol. The minimum Gasteiger partial charge on any atom is -0.489 e. The molecule has 0 saturated heterocycles. The van der Waals surface area contributed by atoms with Crippen LogP contribution in [0.15, 0.2) is 18.2 Å². The quantitative estimate of drug-likeness (QED) is 0.518. The Morgan fingerprint density at radius 2 is 2.29 bits per heavy atom. The normalized spacial score (nSPS) is 24.6. The fourth-order valence-electron chi connectivity index (χ4n) is 2.40. The zero-order valence-corrected chi connectivity index (χ0v) is 12.1. The highest BCUT2D eigenvalue weighted by Gasteiger charge is 2.44. The number of carbonyl (C=O) groups excluding carboxylic acids is 1. The van der Waals surface area contributed by atoms with Gasteiger partial charge in [0.15, 0.2) is 0 Å². The second kappa shape index (κ2) is 5.87. The summed E-state index contributed by atoms with van der Waals surface area (Å²) < 4.78 is 10.4. The summed E-state index contributed by atoms with van der Waals surface area (Å²) in [4.78, 5) is 21.7. The standard InChI is InChI=1S/C13H15ClN2O5/c1-20-12(17)13(15)5-4-9(7-13)21-11-3-2-8(16(18)19)6-10(11)14/h2-3,6,9H,4-5,7,15H2,1H3. The molecule has 0 amide bonds. The number of nitrogens with zero attached hydrogens (tertiary/aromatic N) is 1. The second-order valence-corrected chi connectivity index (χ2v) is 5.41. The minimum atomic E-state index is -1.05. The van der Waals surface area contributed by atoms with Crippen molar-refractivity contribution < 1.29 is 19.2 Å². The summed E-state index contributed by atoms with van der Waals surface area (Å²) in [5.74, 6) is -0.134. The lowest BCUT2D eigenvalue weighted by molar-refractivity contribution is -0.384. The van der Waals surface area contributed by atoms with Gasteiger partial charge in [0, 0.05) is 18.6 Å². The molecule has 0 spiro atoms. The van der Waals surface area contributed by atoms with Gasteiger partial charge in [0.2, 0.25) is 0 Å². The van der Waals surface area contributed by atoms with Gasteiger partial charge in [0.1, 0.15) is 17.4 Å². The lowest BCUT2D eigenvalue weighted by atomic mass is 10.00. The Hall–Kier alpha value is -1.86. The van der Waals surface area contributed by atoms with Crippen LogP contribution in [0.1, 0.15) is 19.3 Å². The molecule has 2 rings (SSSR count). The number of esters is 1. The van der Waals surface area contributed by atoms with E-state index in [1.807, 2.05) is 0 Å². The van der Waals surface area contributed by atoms with Crippen molar-refractivity contribution in [2.24, 2.45) is 5.73 Å². The molecule has 0 aromatic heterocycles. The number of halogens is 1. The maximum Gasteiger partial charge on any atom is 0.325 e. The number of carbonyl (C=O) groups is 1. The highest BCUT2D eigenvalue weighted by molar-refractivity contribution is 6.32. The highest BCUT2D eigenvalue weighted by atomic mass is 35.5. The Bertz CT molecular complexity index is 580. The van der Waals surface area contributed by atoms with Crippen molar-refractivity contribution in [2.75, 3.05) is 7.11 Å². The van der Waals surface area contributed by atoms with Gasteiger partial charge in [-0.2, -0.15) is 0 Å². The number of nitro benzene ring substituents is 1. The number of benzene rings is 1. The number of ether oxygens (including phenoxy) is 2. The molecule has 8 heteroatoms. The Kier molecular flexibility index (Phi) is 4.34. The molecule has 0 aliphatic heterocycles. The van der Waals surface area contributed by atoms with E-state index in [1.54, 1.807) is 0 Å². The molecule has 1 aliphatic carbocycles. The summed E-state index contributed by atoms with van der Waals surface area (Å²) in [6, 6.07) is 3.98. The predicted octanol–water partition coefficient (Wildman–Crippen LogP) is 2.05. The van der Waals surface area contributed by atoms with Crippen molar-refractivity contribution in [1.29, 1.82) is 0 Å². The van der Waals surface area contributed by atoms with Gasteiger partial charge in [-0.15, -0.1) is 0 Å². The zero-order chi connectivity index (χ0) is 15.6. The van der Waals surface area contributed by atoms with Crippen LogP contribution >= 0.6 is 11.6 Å². The van der Waals surface area contributed by atoms with E-state index in [0.29, 0.717) is 25.0 Å². The largest absolute Gasteiger partial charge is 0.489 e. The van der Waals surface area contributed by atoms with Gasteiger partial charge in [0.05, 0.1) is 17.1 Å². The maximum atomic E-state index is 11.6. The van der Waals surface area contributed by atoms with Crippen LogP contribution in [0.25, 0.3) is 0 Å². The first kappa shape index (κ1) is 15.5. The van der Waals surface area contributed by atoms with Crippen molar-refractivity contribution in [3.63, 3.8) is 0 Å². The van der Waals surface area contributed by atoms with E-state index in [0.717, 1.165) is 0 Å². The second-order valence-electron chi connectivity index (χ2n) is 5.00. The van der Waals surface area contributed by atoms with Gasteiger partial charge < -0.3 is 15.2 Å². The van der Waals surface area contributed by atoms with Crippen molar-refractivity contribution in [3.05, 3.63) is 33.3 Å². The number of rotatable bonds is 4. The molecular weight excluding hydrogens is 300 g/mol. The van der Waals surface area contributed by atoms with Crippen molar-refractivity contribution in [1.82, 2.24) is 0 Å². The van der Waals surface area contributed by atoms with Crippen LogP contribution < -0.4 is 10.5 Å². The van der Waals surface area contributed by atoms with Crippen LogP contribution in [0, 0.1) is 10.1 Å². The van der Waals surface area contributed by atoms with E-state index in [-0.39, 0.29) is 16.8 Å². The molecule has 0 bridgehead atoms. The number of hydrogen-bond donors (Lipinski definition) is 1. The van der Waals surface area contributed by atoms with Crippen LogP contribution in [0.5, 0.6) is 5.75 Å². The van der Waals surface area contributed by atoms with Crippen LogP contribution in [0.2, 0.25) is 5.02 Å². The summed E-state index contributed by atoms with van der Waals surface area (Å²) in [5.41, 5.74) is 4.82. The van der Waals surface area contributed by atoms with E-state index in [4.69, 9.17) is 22.1 Å². The smallest absolute Gasteiger partial charge is 0.325 e. The molecule has 2 N–H and O–H groups in total. The van der Waals surface area contributed by atoms with Gasteiger partial charge in [-0.25, -0.2) is 0 Å². The molecule has 114 valence electrons. The molecule has 2 unspecified atom stereocenters. The lowest BCUT2D eigenvalue weighted by Crippen LogP contribution is -2.47. The summed E-state index contributed by atoms with van der Waals surface area (Å²) in [5, 5.41) is 10.8. The molecule has 1 aliphatic rings. The molecule has 2 atom stereocenters. The predicted molar refractivity (Wildman–Crippen MR) is 75.3 cm³/mol. The van der Waals surface area contributed by atoms with Crippen LogP contribution in [0.4, 0.5) is 5.69 Å². The van der Waals surface area contributed by atoms with Crippen molar-refractivity contribution in [2.45, 2.75) is 30.9 Å². The van der Waals surface area contributed by atoms with Gasteiger partial charge >= 0.3 is 5.97 Å². The number of methoxy groups -OCH3 is 1. The monoisotopic (exact) mass is 314 g/mol. The number of nitro groups is 1. The average Bonchev–Trinajstić information content (AvgIpc) is 2.82. The molecular formula is C13H15ClN2O5. The molecule has 0 radical (unpaired) electrons. The van der Waals surface area contributed by atoms with E-state index in [2.05, 4.69) is 4.74 Å². The first-order valence-electron chi connectivity index (χ1n) is 6.33. The Balaban J connectivity index is 2.07. The SMILES string of the molecule is COC(=O)C1(N)CCC(Oc2ccc([N+](=O)[O-])cc2Cl)C1. The number of hydrogen-bond acceptors (Lipinski definition) is 6. The van der Waals surface area contributed by atoms with Crippen molar-refractivity contribution >= 4 is 23.3 Å². The molecule has 1 aromatic rings. The highest BCUT2D eigenvalue weighted by Crippen LogP contribution is 2.35. The topological polar surface area (TPSA) is 105 Å². The fraction of sp³-hybridized carbons (Fsp3) is 0.462. The molecule has 21 heavy (non-hydrogen) atoms. The fourth-order valence-corrected chi connectivity index (χ4v) is 2.62.